The molecule has 0 radical (unpaired) electrons. The minimum atomic E-state index is -1.02. The van der Waals surface area contributed by atoms with Crippen LogP contribution in [0.4, 0.5) is 0 Å². The van der Waals surface area contributed by atoms with Gasteiger partial charge in [0.05, 0.1) is 11.7 Å². The number of aromatic carboxylic acids is 1. The highest BCUT2D eigenvalue weighted by atomic mass is 16.5. The molecule has 2 rings (SSSR count). The van der Waals surface area contributed by atoms with E-state index in [9.17, 15) is 9.59 Å². The molecule has 1 saturated heterocycles. The summed E-state index contributed by atoms with van der Waals surface area (Å²) in [4.78, 5) is 25.4. The Morgan fingerprint density at radius 3 is 2.62 bits per heavy atom. The van der Waals surface area contributed by atoms with Gasteiger partial charge in [-0.05, 0) is 50.5 Å². The van der Waals surface area contributed by atoms with Crippen LogP contribution in [0, 0.1) is 6.92 Å². The quantitative estimate of drug-likeness (QED) is 0.904. The summed E-state index contributed by atoms with van der Waals surface area (Å²) >= 11 is 0. The maximum atomic E-state index is 12.6. The number of amides is 1. The largest absolute Gasteiger partial charge is 0.478 e. The molecule has 21 heavy (non-hydrogen) atoms. The fourth-order valence-electron chi connectivity index (χ4n) is 2.60. The zero-order chi connectivity index (χ0) is 15.4. The molecule has 1 N–H and O–H groups in total. The Morgan fingerprint density at radius 2 is 2.05 bits per heavy atom. The number of carboxylic acid groups (broad SMARTS) is 1. The number of hydrogen-bond donors (Lipinski definition) is 1. The second-order valence-corrected chi connectivity index (χ2v) is 5.37. The Balaban J connectivity index is 2.18. The van der Waals surface area contributed by atoms with Gasteiger partial charge in [-0.3, -0.25) is 4.79 Å². The number of likely N-dealkylation sites (N-methyl/N-ethyl adjacent to an activating group) is 1. The molecular weight excluding hydrogens is 270 g/mol. The third-order valence-corrected chi connectivity index (χ3v) is 3.69. The summed E-state index contributed by atoms with van der Waals surface area (Å²) in [6.45, 7) is 5.60. The predicted molar refractivity (Wildman–Crippen MR) is 78.7 cm³/mol. The molecular formula is C16H21NO4. The van der Waals surface area contributed by atoms with E-state index in [1.165, 1.54) is 6.07 Å². The molecule has 0 spiro atoms. The van der Waals surface area contributed by atoms with Crippen molar-refractivity contribution in [3.63, 3.8) is 0 Å². The molecule has 114 valence electrons. The van der Waals surface area contributed by atoms with Crippen LogP contribution >= 0.6 is 0 Å². The highest BCUT2D eigenvalue weighted by Crippen LogP contribution is 2.16. The van der Waals surface area contributed by atoms with E-state index in [-0.39, 0.29) is 17.6 Å². The number of rotatable bonds is 5. The monoisotopic (exact) mass is 291 g/mol. The Bertz CT molecular complexity index is 535. The van der Waals surface area contributed by atoms with Crippen molar-refractivity contribution in [3.8, 4) is 0 Å². The number of hydrogen-bond acceptors (Lipinski definition) is 3. The maximum absolute atomic E-state index is 12.6. The molecule has 1 aliphatic heterocycles. The molecule has 0 saturated carbocycles. The molecule has 1 unspecified atom stereocenters. The van der Waals surface area contributed by atoms with E-state index in [1.54, 1.807) is 24.0 Å². The molecule has 1 atom stereocenters. The minimum Gasteiger partial charge on any atom is -0.478 e. The lowest BCUT2D eigenvalue weighted by atomic mass is 10.1. The summed E-state index contributed by atoms with van der Waals surface area (Å²) in [5.41, 5.74) is 1.34. The average Bonchev–Trinajstić information content (AvgIpc) is 2.96. The zero-order valence-electron chi connectivity index (χ0n) is 12.5. The molecule has 1 aromatic carbocycles. The van der Waals surface area contributed by atoms with Crippen LogP contribution in [0.15, 0.2) is 18.2 Å². The average molecular weight is 291 g/mol. The molecule has 1 fully saturated rings. The minimum absolute atomic E-state index is 0.0950. The van der Waals surface area contributed by atoms with Gasteiger partial charge < -0.3 is 14.7 Å². The molecule has 0 bridgehead atoms. The highest BCUT2D eigenvalue weighted by molar-refractivity contribution is 5.97. The Hall–Kier alpha value is -1.88. The van der Waals surface area contributed by atoms with Crippen molar-refractivity contribution < 1.29 is 19.4 Å². The number of nitrogens with zero attached hydrogens (tertiary/aromatic N) is 1. The third-order valence-electron chi connectivity index (χ3n) is 3.69. The molecule has 0 aliphatic carbocycles. The summed E-state index contributed by atoms with van der Waals surface area (Å²) in [7, 11) is 0. The lowest BCUT2D eigenvalue weighted by molar-refractivity contribution is 0.0539. The van der Waals surface area contributed by atoms with E-state index < -0.39 is 5.97 Å². The number of carbonyl (C=O) groups is 2. The first-order valence-electron chi connectivity index (χ1n) is 7.27. The van der Waals surface area contributed by atoms with Gasteiger partial charge in [0.15, 0.2) is 0 Å². The van der Waals surface area contributed by atoms with Gasteiger partial charge in [-0.15, -0.1) is 0 Å². The maximum Gasteiger partial charge on any atom is 0.335 e. The van der Waals surface area contributed by atoms with Crippen molar-refractivity contribution in [2.75, 3.05) is 19.7 Å². The highest BCUT2D eigenvalue weighted by Gasteiger charge is 2.23. The van der Waals surface area contributed by atoms with Gasteiger partial charge in [0.25, 0.3) is 5.91 Å². The third kappa shape index (κ3) is 3.82. The molecule has 1 amide bonds. The topological polar surface area (TPSA) is 66.8 Å². The summed E-state index contributed by atoms with van der Waals surface area (Å²) in [6, 6.07) is 4.73. The number of carbonyl (C=O) groups excluding carboxylic acids is 1. The van der Waals surface area contributed by atoms with Crippen molar-refractivity contribution in [2.45, 2.75) is 32.8 Å². The van der Waals surface area contributed by atoms with Crippen LogP contribution in [0.2, 0.25) is 0 Å². The fourth-order valence-corrected chi connectivity index (χ4v) is 2.60. The van der Waals surface area contributed by atoms with Crippen LogP contribution in [-0.4, -0.2) is 47.7 Å². The van der Waals surface area contributed by atoms with E-state index in [0.717, 1.165) is 25.0 Å². The predicted octanol–water partition coefficient (Wildman–Crippen LogP) is 2.33. The standard InChI is InChI=1S/C16H21NO4/c1-3-17(10-14-5-4-6-21-14)15(18)12-7-11(2)8-13(9-12)16(19)20/h7-9,14H,3-6,10H2,1-2H3,(H,19,20). The van der Waals surface area contributed by atoms with Crippen LogP contribution < -0.4 is 0 Å². The van der Waals surface area contributed by atoms with Crippen LogP contribution in [-0.2, 0) is 4.74 Å². The molecule has 1 aromatic rings. The normalized spacial score (nSPS) is 17.7. The summed E-state index contributed by atoms with van der Waals surface area (Å²) in [5.74, 6) is -1.16. The first-order chi connectivity index (χ1) is 10.0. The second-order valence-electron chi connectivity index (χ2n) is 5.37. The van der Waals surface area contributed by atoms with E-state index in [0.29, 0.717) is 18.7 Å². The summed E-state index contributed by atoms with van der Waals surface area (Å²) < 4.78 is 5.57. The van der Waals surface area contributed by atoms with Crippen LogP contribution in [0.1, 0.15) is 46.0 Å². The Kier molecular flexibility index (Phi) is 4.96. The zero-order valence-corrected chi connectivity index (χ0v) is 12.5. The lowest BCUT2D eigenvalue weighted by Crippen LogP contribution is -2.37. The van der Waals surface area contributed by atoms with Gasteiger partial charge in [-0.1, -0.05) is 0 Å². The van der Waals surface area contributed by atoms with E-state index in [2.05, 4.69) is 0 Å². The van der Waals surface area contributed by atoms with E-state index in [4.69, 9.17) is 9.84 Å². The summed E-state index contributed by atoms with van der Waals surface area (Å²) in [5, 5.41) is 9.10. The summed E-state index contributed by atoms with van der Waals surface area (Å²) in [6.07, 6.45) is 2.10. The van der Waals surface area contributed by atoms with Gasteiger partial charge in [-0.2, -0.15) is 0 Å². The second kappa shape index (κ2) is 6.72. The van der Waals surface area contributed by atoms with Gasteiger partial charge in [-0.25, -0.2) is 4.79 Å². The molecule has 0 aromatic heterocycles. The molecule has 5 nitrogen and oxygen atoms in total. The first kappa shape index (κ1) is 15.5. The lowest BCUT2D eigenvalue weighted by Gasteiger charge is -2.24. The van der Waals surface area contributed by atoms with Crippen LogP contribution in [0.3, 0.4) is 0 Å². The fraction of sp³-hybridized carbons (Fsp3) is 0.500. The number of ether oxygens (including phenoxy) is 1. The molecule has 1 heterocycles. The van der Waals surface area contributed by atoms with Crippen molar-refractivity contribution in [1.29, 1.82) is 0 Å². The van der Waals surface area contributed by atoms with Crippen molar-refractivity contribution in [1.82, 2.24) is 4.90 Å². The van der Waals surface area contributed by atoms with Crippen LogP contribution in [0.25, 0.3) is 0 Å². The Morgan fingerprint density at radius 1 is 1.33 bits per heavy atom. The van der Waals surface area contributed by atoms with Gasteiger partial charge in [0.1, 0.15) is 0 Å². The molecule has 1 aliphatic rings. The van der Waals surface area contributed by atoms with E-state index >= 15 is 0 Å². The SMILES string of the molecule is CCN(CC1CCCO1)C(=O)c1cc(C)cc(C(=O)O)c1. The Labute approximate surface area is 124 Å². The van der Waals surface area contributed by atoms with Crippen LogP contribution in [0.5, 0.6) is 0 Å². The molecule has 5 heteroatoms. The van der Waals surface area contributed by atoms with Crippen molar-refractivity contribution in [2.24, 2.45) is 0 Å². The van der Waals surface area contributed by atoms with Gasteiger partial charge in [0, 0.05) is 25.3 Å². The van der Waals surface area contributed by atoms with Gasteiger partial charge in [0.2, 0.25) is 0 Å². The van der Waals surface area contributed by atoms with Crippen molar-refractivity contribution in [3.05, 3.63) is 34.9 Å². The van der Waals surface area contributed by atoms with Gasteiger partial charge >= 0.3 is 5.97 Å². The number of aryl methyl sites for hydroxylation is 1. The first-order valence-corrected chi connectivity index (χ1v) is 7.27. The number of carboxylic acids is 1. The van der Waals surface area contributed by atoms with Crippen molar-refractivity contribution >= 4 is 11.9 Å². The van der Waals surface area contributed by atoms with E-state index in [1.807, 2.05) is 6.92 Å². The number of benzene rings is 1. The smallest absolute Gasteiger partial charge is 0.335 e.